The second-order valence-corrected chi connectivity index (χ2v) is 8.56. The fourth-order valence-corrected chi connectivity index (χ4v) is 3.74. The zero-order valence-electron chi connectivity index (χ0n) is 18.2. The normalized spacial score (nSPS) is 11.9. The van der Waals surface area contributed by atoms with Crippen molar-refractivity contribution in [3.05, 3.63) is 24.3 Å². The van der Waals surface area contributed by atoms with Gasteiger partial charge in [-0.15, -0.1) is 10.2 Å². The number of unbranched alkanes of at least 4 members (excludes halogenated alkanes) is 4. The van der Waals surface area contributed by atoms with Crippen LogP contribution >= 0.6 is 11.3 Å². The lowest BCUT2D eigenvalue weighted by Gasteiger charge is -2.21. The Labute approximate surface area is 182 Å². The molecular weight excluding hydrogens is 400 g/mol. The fourth-order valence-electron chi connectivity index (χ4n) is 3.00. The lowest BCUT2D eigenvalue weighted by molar-refractivity contribution is -0.127. The van der Waals surface area contributed by atoms with Crippen LogP contribution in [-0.2, 0) is 9.59 Å². The quantitative estimate of drug-likeness (QED) is 0.476. The van der Waals surface area contributed by atoms with Crippen LogP contribution in [-0.4, -0.2) is 35.2 Å². The van der Waals surface area contributed by atoms with Crippen molar-refractivity contribution in [3.63, 3.8) is 0 Å². The second-order valence-electron chi connectivity index (χ2n) is 7.59. The van der Waals surface area contributed by atoms with Crippen LogP contribution in [0.15, 0.2) is 24.3 Å². The number of hydrogen-bond donors (Lipinski definition) is 2. The van der Waals surface area contributed by atoms with Crippen LogP contribution in [0, 0.1) is 5.92 Å². The van der Waals surface area contributed by atoms with Gasteiger partial charge in [0.1, 0.15) is 16.8 Å². The molecule has 164 valence electrons. The number of anilines is 1. The Morgan fingerprint density at radius 2 is 1.90 bits per heavy atom. The third kappa shape index (κ3) is 7.40. The highest BCUT2D eigenvalue weighted by Crippen LogP contribution is 2.28. The predicted octanol–water partition coefficient (Wildman–Crippen LogP) is 4.65. The Morgan fingerprint density at radius 3 is 2.60 bits per heavy atom. The van der Waals surface area contributed by atoms with Crippen LogP contribution in [0.25, 0.3) is 10.6 Å². The van der Waals surface area contributed by atoms with E-state index >= 15 is 0 Å². The topological polar surface area (TPSA) is 93.2 Å². The minimum Gasteiger partial charge on any atom is -0.497 e. The molecule has 2 aromatic rings. The molecule has 1 heterocycles. The van der Waals surface area contributed by atoms with E-state index in [9.17, 15) is 9.59 Å². The molecule has 7 nitrogen and oxygen atoms in total. The molecule has 0 saturated heterocycles. The smallest absolute Gasteiger partial charge is 0.249 e. The number of nitrogens with one attached hydrogen (secondary N) is 2. The maximum Gasteiger partial charge on any atom is 0.249 e. The monoisotopic (exact) mass is 432 g/mol. The predicted molar refractivity (Wildman–Crippen MR) is 121 cm³/mol. The van der Waals surface area contributed by atoms with E-state index in [0.717, 1.165) is 30.6 Å². The van der Waals surface area contributed by atoms with Gasteiger partial charge < -0.3 is 10.1 Å². The molecule has 1 atom stereocenters. The highest BCUT2D eigenvalue weighted by atomic mass is 32.1. The summed E-state index contributed by atoms with van der Waals surface area (Å²) in [6, 6.07) is 6.89. The minimum atomic E-state index is -0.614. The van der Waals surface area contributed by atoms with Crippen LogP contribution in [0.4, 0.5) is 5.13 Å². The molecule has 0 radical (unpaired) electrons. The average Bonchev–Trinajstić information content (AvgIpc) is 3.20. The van der Waals surface area contributed by atoms with Gasteiger partial charge >= 0.3 is 0 Å². The first kappa shape index (κ1) is 23.8. The number of nitrogens with zero attached hydrogens (tertiary/aromatic N) is 2. The van der Waals surface area contributed by atoms with Crippen molar-refractivity contribution in [1.29, 1.82) is 0 Å². The van der Waals surface area contributed by atoms with Crippen molar-refractivity contribution in [2.75, 3.05) is 12.4 Å². The molecule has 1 unspecified atom stereocenters. The molecule has 8 heteroatoms. The molecule has 1 aromatic heterocycles. The lowest BCUT2D eigenvalue weighted by atomic mass is 10.0. The Balaban J connectivity index is 1.93. The summed E-state index contributed by atoms with van der Waals surface area (Å²) in [6.45, 7) is 5.98. The van der Waals surface area contributed by atoms with Gasteiger partial charge in [-0.05, 0) is 24.5 Å². The molecule has 0 aliphatic carbocycles. The van der Waals surface area contributed by atoms with E-state index in [1.807, 2.05) is 38.1 Å². The Hall–Kier alpha value is -2.48. The molecule has 0 saturated carbocycles. The van der Waals surface area contributed by atoms with E-state index in [1.165, 1.54) is 24.2 Å². The van der Waals surface area contributed by atoms with Crippen molar-refractivity contribution in [3.8, 4) is 16.3 Å². The van der Waals surface area contributed by atoms with Gasteiger partial charge in [0.2, 0.25) is 16.9 Å². The Morgan fingerprint density at radius 1 is 1.13 bits per heavy atom. The second kappa shape index (κ2) is 12.3. The first-order valence-corrected chi connectivity index (χ1v) is 11.3. The van der Waals surface area contributed by atoms with E-state index in [4.69, 9.17) is 4.74 Å². The summed E-state index contributed by atoms with van der Waals surface area (Å²) in [5.41, 5.74) is 0.865. The molecule has 0 aliphatic heterocycles. The number of methoxy groups -OCH3 is 1. The van der Waals surface area contributed by atoms with Crippen LogP contribution in [0.5, 0.6) is 5.75 Å². The molecule has 0 aliphatic rings. The zero-order chi connectivity index (χ0) is 21.9. The molecule has 2 N–H and O–H groups in total. The highest BCUT2D eigenvalue weighted by molar-refractivity contribution is 7.18. The molecule has 0 bridgehead atoms. The summed E-state index contributed by atoms with van der Waals surface area (Å²) in [5, 5.41) is 15.0. The molecule has 30 heavy (non-hydrogen) atoms. The van der Waals surface area contributed by atoms with Gasteiger partial charge in [-0.3, -0.25) is 14.9 Å². The van der Waals surface area contributed by atoms with Crippen molar-refractivity contribution in [2.45, 2.75) is 65.3 Å². The van der Waals surface area contributed by atoms with Crippen molar-refractivity contribution >= 4 is 28.3 Å². The standard InChI is InChI=1S/C22H32N4O3S/c1-5-6-7-8-9-13-18(27)23-19(15(2)3)20(28)24-22-26-25-21(30-22)16-11-10-12-17(14-16)29-4/h10-12,14-15,19H,5-9,13H2,1-4H3,(H,23,27)(H,24,26,28). The number of carbonyl (C=O) groups is 2. The Kier molecular flexibility index (Phi) is 9.73. The van der Waals surface area contributed by atoms with Gasteiger partial charge in [-0.2, -0.15) is 0 Å². The van der Waals surface area contributed by atoms with Crippen LogP contribution in [0.3, 0.4) is 0 Å². The minimum absolute atomic E-state index is 0.0418. The van der Waals surface area contributed by atoms with Gasteiger partial charge in [0.05, 0.1) is 7.11 Å². The maximum absolute atomic E-state index is 12.7. The van der Waals surface area contributed by atoms with E-state index < -0.39 is 6.04 Å². The number of ether oxygens (including phenoxy) is 1. The molecular formula is C22H32N4O3S. The third-order valence-corrected chi connectivity index (χ3v) is 5.63. The van der Waals surface area contributed by atoms with E-state index in [1.54, 1.807) is 7.11 Å². The number of hydrogen-bond acceptors (Lipinski definition) is 6. The van der Waals surface area contributed by atoms with E-state index in [2.05, 4.69) is 27.8 Å². The molecule has 2 amide bonds. The molecule has 2 rings (SSSR count). The summed E-state index contributed by atoms with van der Waals surface area (Å²) in [4.78, 5) is 25.0. The largest absolute Gasteiger partial charge is 0.497 e. The first-order valence-electron chi connectivity index (χ1n) is 10.5. The summed E-state index contributed by atoms with van der Waals surface area (Å²) >= 11 is 1.28. The summed E-state index contributed by atoms with van der Waals surface area (Å²) < 4.78 is 5.24. The van der Waals surface area contributed by atoms with Gasteiger partial charge in [-0.1, -0.05) is 69.9 Å². The third-order valence-electron chi connectivity index (χ3n) is 4.74. The number of amides is 2. The summed E-state index contributed by atoms with van der Waals surface area (Å²) in [7, 11) is 1.61. The molecule has 0 fully saturated rings. The van der Waals surface area contributed by atoms with Crippen LogP contribution < -0.4 is 15.4 Å². The summed E-state index contributed by atoms with van der Waals surface area (Å²) in [6.07, 6.45) is 5.84. The maximum atomic E-state index is 12.7. The van der Waals surface area contributed by atoms with Crippen LogP contribution in [0.1, 0.15) is 59.3 Å². The number of aromatic nitrogens is 2. The van der Waals surface area contributed by atoms with Crippen molar-refractivity contribution in [1.82, 2.24) is 15.5 Å². The van der Waals surface area contributed by atoms with Gasteiger partial charge in [0.25, 0.3) is 0 Å². The van der Waals surface area contributed by atoms with Gasteiger partial charge in [0, 0.05) is 12.0 Å². The SMILES string of the molecule is CCCCCCCC(=O)NC(C(=O)Nc1nnc(-c2cccc(OC)c2)s1)C(C)C. The number of benzene rings is 1. The zero-order valence-corrected chi connectivity index (χ0v) is 19.1. The fraction of sp³-hybridized carbons (Fsp3) is 0.545. The van der Waals surface area contributed by atoms with Crippen molar-refractivity contribution in [2.24, 2.45) is 5.92 Å². The van der Waals surface area contributed by atoms with Gasteiger partial charge in [-0.25, -0.2) is 0 Å². The van der Waals surface area contributed by atoms with E-state index in [0.29, 0.717) is 16.6 Å². The van der Waals surface area contributed by atoms with Crippen LogP contribution in [0.2, 0.25) is 0 Å². The Bertz CT molecular complexity index is 822. The average molecular weight is 433 g/mol. The molecule has 1 aromatic carbocycles. The van der Waals surface area contributed by atoms with Crippen molar-refractivity contribution < 1.29 is 14.3 Å². The highest BCUT2D eigenvalue weighted by Gasteiger charge is 2.25. The first-order chi connectivity index (χ1) is 14.4. The molecule has 0 spiro atoms. The number of carbonyl (C=O) groups excluding carboxylic acids is 2. The lowest BCUT2D eigenvalue weighted by Crippen LogP contribution is -2.47. The van der Waals surface area contributed by atoms with Gasteiger partial charge in [0.15, 0.2) is 0 Å². The van der Waals surface area contributed by atoms with E-state index in [-0.39, 0.29) is 17.7 Å². The summed E-state index contributed by atoms with van der Waals surface area (Å²) in [5.74, 6) is 0.317. The number of rotatable bonds is 12.